The summed E-state index contributed by atoms with van der Waals surface area (Å²) in [6.45, 7) is 2.40. The lowest BCUT2D eigenvalue weighted by atomic mass is 9.97. The third-order valence-electron chi connectivity index (χ3n) is 5.70. The minimum atomic E-state index is -0.989. The Bertz CT molecular complexity index is 1080. The number of rotatable bonds is 7. The van der Waals surface area contributed by atoms with Crippen LogP contribution in [0.1, 0.15) is 16.2 Å². The fourth-order valence-corrected chi connectivity index (χ4v) is 4.51. The van der Waals surface area contributed by atoms with Gasteiger partial charge in [0, 0.05) is 43.8 Å². The van der Waals surface area contributed by atoms with E-state index in [0.717, 1.165) is 0 Å². The number of ether oxygens (including phenoxy) is 1. The zero-order valence-corrected chi connectivity index (χ0v) is 18.0. The number of carbonyl (C=O) groups excluding carboxylic acids is 2. The van der Waals surface area contributed by atoms with Crippen molar-refractivity contribution in [2.75, 3.05) is 31.1 Å². The van der Waals surface area contributed by atoms with Gasteiger partial charge in [-0.3, -0.25) is 14.5 Å². The van der Waals surface area contributed by atoms with Gasteiger partial charge in [0.15, 0.2) is 16.4 Å². The summed E-state index contributed by atoms with van der Waals surface area (Å²) in [5, 5.41) is 16.6. The highest BCUT2D eigenvalue weighted by Crippen LogP contribution is 2.32. The van der Waals surface area contributed by atoms with E-state index in [0.29, 0.717) is 54.9 Å². The van der Waals surface area contributed by atoms with Crippen LogP contribution in [0, 0.1) is 5.92 Å². The van der Waals surface area contributed by atoms with Crippen LogP contribution in [0.25, 0.3) is 0 Å². The molecule has 9 nitrogen and oxygen atoms in total. The maximum absolute atomic E-state index is 13.1. The molecule has 0 unspecified atom stereocenters. The maximum Gasteiger partial charge on any atom is 0.238 e. The standard InChI is InChI=1S/C22H22N6O3S/c29-19(20-25-10-11-32-20)22(7-9-23-14-22)31-17-5-3-16(4-6-17)28(18-2-1-8-26-27-18)21(30)15-12-24-13-15/h1-6,8,10-11,15,23-24H,7,9,12-14H2/t22-/m1/s1. The van der Waals surface area contributed by atoms with Gasteiger partial charge in [-0.2, -0.15) is 5.10 Å². The van der Waals surface area contributed by atoms with E-state index in [1.54, 1.807) is 59.1 Å². The first-order chi connectivity index (χ1) is 15.7. The first kappa shape index (κ1) is 20.7. The molecular weight excluding hydrogens is 428 g/mol. The van der Waals surface area contributed by atoms with Crippen LogP contribution in [-0.2, 0) is 4.79 Å². The fraction of sp³-hybridized carbons (Fsp3) is 0.318. The molecule has 1 aromatic carbocycles. The Morgan fingerprint density at radius 3 is 2.56 bits per heavy atom. The molecule has 0 radical (unpaired) electrons. The van der Waals surface area contributed by atoms with Gasteiger partial charge in [-0.15, -0.1) is 16.4 Å². The van der Waals surface area contributed by atoms with Crippen LogP contribution in [-0.4, -0.2) is 58.7 Å². The Hall–Kier alpha value is -3.21. The van der Waals surface area contributed by atoms with Crippen LogP contribution in [0.2, 0.25) is 0 Å². The number of benzene rings is 1. The Morgan fingerprint density at radius 2 is 1.97 bits per heavy atom. The molecule has 1 atom stereocenters. The van der Waals surface area contributed by atoms with Gasteiger partial charge < -0.3 is 15.4 Å². The van der Waals surface area contributed by atoms with Crippen LogP contribution in [0.3, 0.4) is 0 Å². The molecule has 3 aromatic rings. The third-order valence-corrected chi connectivity index (χ3v) is 6.47. The van der Waals surface area contributed by atoms with Crippen molar-refractivity contribution in [1.29, 1.82) is 0 Å². The van der Waals surface area contributed by atoms with Gasteiger partial charge in [0.25, 0.3) is 0 Å². The van der Waals surface area contributed by atoms with Crippen LogP contribution in [0.4, 0.5) is 11.5 Å². The monoisotopic (exact) mass is 450 g/mol. The Morgan fingerprint density at radius 1 is 1.12 bits per heavy atom. The van der Waals surface area contributed by atoms with Gasteiger partial charge in [0.05, 0.1) is 11.6 Å². The highest BCUT2D eigenvalue weighted by Gasteiger charge is 2.45. The molecule has 2 aliphatic heterocycles. The van der Waals surface area contributed by atoms with Crippen LogP contribution in [0.15, 0.2) is 54.2 Å². The number of anilines is 2. The van der Waals surface area contributed by atoms with Crippen molar-refractivity contribution in [3.8, 4) is 5.75 Å². The van der Waals surface area contributed by atoms with E-state index in [9.17, 15) is 9.59 Å². The van der Waals surface area contributed by atoms with Crippen molar-refractivity contribution in [3.05, 3.63) is 59.2 Å². The molecule has 10 heteroatoms. The summed E-state index contributed by atoms with van der Waals surface area (Å²) in [7, 11) is 0. The highest BCUT2D eigenvalue weighted by molar-refractivity contribution is 7.11. The first-order valence-electron chi connectivity index (χ1n) is 10.4. The van der Waals surface area contributed by atoms with E-state index in [4.69, 9.17) is 4.74 Å². The molecule has 2 fully saturated rings. The molecule has 32 heavy (non-hydrogen) atoms. The fourth-order valence-electron chi connectivity index (χ4n) is 3.85. The van der Waals surface area contributed by atoms with Crippen molar-refractivity contribution in [3.63, 3.8) is 0 Å². The summed E-state index contributed by atoms with van der Waals surface area (Å²) >= 11 is 1.31. The lowest BCUT2D eigenvalue weighted by Crippen LogP contribution is -2.51. The molecule has 0 saturated carbocycles. The van der Waals surface area contributed by atoms with Crippen molar-refractivity contribution >= 4 is 34.5 Å². The van der Waals surface area contributed by atoms with Gasteiger partial charge in [-0.25, -0.2) is 4.98 Å². The topological polar surface area (TPSA) is 109 Å². The first-order valence-corrected chi connectivity index (χ1v) is 11.3. The third kappa shape index (κ3) is 3.88. The lowest BCUT2D eigenvalue weighted by molar-refractivity contribution is -0.123. The zero-order valence-electron chi connectivity index (χ0n) is 17.2. The summed E-state index contributed by atoms with van der Waals surface area (Å²) in [6.07, 6.45) is 3.76. The summed E-state index contributed by atoms with van der Waals surface area (Å²) in [6, 6.07) is 10.7. The molecule has 4 heterocycles. The van der Waals surface area contributed by atoms with Crippen LogP contribution < -0.4 is 20.3 Å². The molecule has 0 bridgehead atoms. The predicted octanol–water partition coefficient (Wildman–Crippen LogP) is 1.81. The van der Waals surface area contributed by atoms with Gasteiger partial charge in [0.2, 0.25) is 11.7 Å². The summed E-state index contributed by atoms with van der Waals surface area (Å²) in [5.74, 6) is 0.771. The van der Waals surface area contributed by atoms with E-state index in [1.807, 2.05) is 0 Å². The number of hydrogen-bond donors (Lipinski definition) is 2. The van der Waals surface area contributed by atoms with Gasteiger partial charge >= 0.3 is 0 Å². The van der Waals surface area contributed by atoms with Crippen molar-refractivity contribution < 1.29 is 14.3 Å². The number of carbonyl (C=O) groups is 2. The Balaban J connectivity index is 1.41. The van der Waals surface area contributed by atoms with Gasteiger partial charge in [0.1, 0.15) is 5.75 Å². The van der Waals surface area contributed by atoms with Crippen molar-refractivity contribution in [2.24, 2.45) is 5.92 Å². The lowest BCUT2D eigenvalue weighted by Gasteiger charge is -2.32. The SMILES string of the molecule is O=C(C1CNC1)N(c1ccc(O[C@]2(C(=O)c3nccs3)CCNC2)cc1)c1cccnn1. The van der Waals surface area contributed by atoms with Gasteiger partial charge in [-0.05, 0) is 42.9 Å². The van der Waals surface area contributed by atoms with E-state index >= 15 is 0 Å². The van der Waals surface area contributed by atoms with Crippen molar-refractivity contribution in [2.45, 2.75) is 12.0 Å². The zero-order chi connectivity index (χ0) is 22.0. The second-order valence-corrected chi connectivity index (χ2v) is 8.69. The number of nitrogens with one attached hydrogen (secondary N) is 2. The molecule has 2 aromatic heterocycles. The summed E-state index contributed by atoms with van der Waals surface area (Å²) < 4.78 is 6.24. The second-order valence-electron chi connectivity index (χ2n) is 7.79. The van der Waals surface area contributed by atoms with Crippen LogP contribution >= 0.6 is 11.3 Å². The number of nitrogens with zero attached hydrogens (tertiary/aromatic N) is 4. The molecule has 1 amide bonds. The quantitative estimate of drug-likeness (QED) is 0.525. The minimum Gasteiger partial charge on any atom is -0.478 e. The molecule has 0 aliphatic carbocycles. The van der Waals surface area contributed by atoms with Crippen molar-refractivity contribution in [1.82, 2.24) is 25.8 Å². The molecule has 5 rings (SSSR count). The normalized spacial score (nSPS) is 20.5. The number of aromatic nitrogens is 3. The molecule has 2 N–H and O–H groups in total. The van der Waals surface area contributed by atoms with Crippen LogP contribution in [0.5, 0.6) is 5.75 Å². The number of amides is 1. The average Bonchev–Trinajstić information content (AvgIpc) is 3.47. The highest BCUT2D eigenvalue weighted by atomic mass is 32.1. The summed E-state index contributed by atoms with van der Waals surface area (Å²) in [4.78, 5) is 31.9. The smallest absolute Gasteiger partial charge is 0.238 e. The molecule has 2 saturated heterocycles. The van der Waals surface area contributed by atoms with Gasteiger partial charge in [-0.1, -0.05) is 0 Å². The molecular formula is C22H22N6O3S. The van der Waals surface area contributed by atoms with E-state index in [-0.39, 0.29) is 17.6 Å². The minimum absolute atomic E-state index is 0.0340. The molecule has 0 spiro atoms. The summed E-state index contributed by atoms with van der Waals surface area (Å²) in [5.41, 5.74) is -0.322. The maximum atomic E-state index is 13.1. The van der Waals surface area contributed by atoms with E-state index in [2.05, 4.69) is 25.8 Å². The predicted molar refractivity (Wildman–Crippen MR) is 119 cm³/mol. The second kappa shape index (κ2) is 8.73. The van der Waals surface area contributed by atoms with E-state index in [1.165, 1.54) is 11.3 Å². The number of Topliss-reactive ketones (excluding diaryl/α,β-unsaturated/α-hetero) is 1. The number of hydrogen-bond acceptors (Lipinski definition) is 9. The Labute approximate surface area is 188 Å². The molecule has 164 valence electrons. The van der Waals surface area contributed by atoms with E-state index < -0.39 is 5.60 Å². The average molecular weight is 451 g/mol. The molecule has 2 aliphatic rings. The Kier molecular flexibility index (Phi) is 5.64. The number of ketones is 1. The number of thiazole rings is 1. The largest absolute Gasteiger partial charge is 0.478 e.